The third-order valence-electron chi connectivity index (χ3n) is 3.23. The summed E-state index contributed by atoms with van der Waals surface area (Å²) in [5.74, 6) is 1.15. The van der Waals surface area contributed by atoms with E-state index in [4.69, 9.17) is 0 Å². The smallest absolute Gasteiger partial charge is 0.0311 e. The van der Waals surface area contributed by atoms with Crippen molar-refractivity contribution >= 4 is 27.7 Å². The van der Waals surface area contributed by atoms with Crippen molar-refractivity contribution in [3.05, 3.63) is 28.7 Å². The van der Waals surface area contributed by atoms with Gasteiger partial charge >= 0.3 is 0 Å². The van der Waals surface area contributed by atoms with E-state index in [1.807, 2.05) is 11.8 Å². The molecule has 1 fully saturated rings. The summed E-state index contributed by atoms with van der Waals surface area (Å²) in [4.78, 5) is 1.35. The molecule has 0 saturated heterocycles. The van der Waals surface area contributed by atoms with Gasteiger partial charge in [-0.25, -0.2) is 0 Å². The van der Waals surface area contributed by atoms with E-state index in [-0.39, 0.29) is 0 Å². The molecule has 1 aliphatic carbocycles. The Balaban J connectivity index is 1.64. The lowest BCUT2D eigenvalue weighted by Crippen LogP contribution is -2.32. The largest absolute Gasteiger partial charge is 0.313 e. The van der Waals surface area contributed by atoms with Crippen LogP contribution >= 0.6 is 27.7 Å². The summed E-state index contributed by atoms with van der Waals surface area (Å²) in [6.45, 7) is 1.12. The van der Waals surface area contributed by atoms with E-state index in [0.717, 1.165) is 18.3 Å². The number of rotatable bonds is 5. The molecule has 0 radical (unpaired) electrons. The predicted molar refractivity (Wildman–Crippen MR) is 79.7 cm³/mol. The van der Waals surface area contributed by atoms with Crippen LogP contribution in [-0.4, -0.2) is 18.3 Å². The summed E-state index contributed by atoms with van der Waals surface area (Å²) in [5, 5.41) is 3.68. The van der Waals surface area contributed by atoms with E-state index in [1.54, 1.807) is 0 Å². The van der Waals surface area contributed by atoms with Crippen LogP contribution < -0.4 is 5.32 Å². The summed E-state index contributed by atoms with van der Waals surface area (Å²) in [6, 6.07) is 9.23. The van der Waals surface area contributed by atoms with Crippen molar-refractivity contribution in [3.8, 4) is 0 Å². The highest BCUT2D eigenvalue weighted by atomic mass is 79.9. The minimum Gasteiger partial charge on any atom is -0.313 e. The molecule has 3 heteroatoms. The third-order valence-corrected chi connectivity index (χ3v) is 5.26. The lowest BCUT2D eigenvalue weighted by atomic mass is 9.96. The van der Waals surface area contributed by atoms with Crippen molar-refractivity contribution in [1.82, 2.24) is 5.32 Å². The summed E-state index contributed by atoms with van der Waals surface area (Å²) in [5.41, 5.74) is 0. The molecule has 1 aromatic carbocycles. The zero-order valence-electron chi connectivity index (χ0n) is 10.1. The number of halogens is 1. The molecule has 1 nitrogen and oxygen atoms in total. The number of nitrogens with one attached hydrogen (secondary N) is 1. The van der Waals surface area contributed by atoms with E-state index < -0.39 is 0 Å². The highest BCUT2D eigenvalue weighted by Crippen LogP contribution is 2.26. The van der Waals surface area contributed by atoms with Crippen molar-refractivity contribution in [2.45, 2.75) is 43.0 Å². The van der Waals surface area contributed by atoms with E-state index >= 15 is 0 Å². The Bertz CT molecular complexity index is 337. The first kappa shape index (κ1) is 13.4. The van der Waals surface area contributed by atoms with Crippen molar-refractivity contribution in [1.29, 1.82) is 0 Å². The van der Waals surface area contributed by atoms with Crippen LogP contribution in [0.3, 0.4) is 0 Å². The van der Waals surface area contributed by atoms with Gasteiger partial charge in [0.15, 0.2) is 0 Å². The quantitative estimate of drug-likeness (QED) is 0.636. The second-order valence-electron chi connectivity index (χ2n) is 4.57. The fraction of sp³-hybridized carbons (Fsp3) is 0.571. The van der Waals surface area contributed by atoms with Crippen LogP contribution in [0.15, 0.2) is 33.6 Å². The Kier molecular flexibility index (Phi) is 5.89. The highest BCUT2D eigenvalue weighted by molar-refractivity contribution is 9.10. The van der Waals surface area contributed by atoms with Crippen LogP contribution in [0.2, 0.25) is 0 Å². The predicted octanol–water partition coefficient (Wildman–Crippen LogP) is 4.46. The maximum Gasteiger partial charge on any atom is 0.0311 e. The standard InChI is InChI=1S/C14H20BrNS/c15-13-8-4-5-9-14(13)17-11-10-16-12-6-2-1-3-7-12/h4-5,8-9,12,16H,1-3,6-7,10-11H2. The summed E-state index contributed by atoms with van der Waals surface area (Å²) < 4.78 is 1.21. The van der Waals surface area contributed by atoms with E-state index in [9.17, 15) is 0 Å². The minimum atomic E-state index is 0.781. The molecule has 0 amide bonds. The topological polar surface area (TPSA) is 12.0 Å². The molecular formula is C14H20BrNS. The van der Waals surface area contributed by atoms with Crippen LogP contribution in [0, 0.1) is 0 Å². The van der Waals surface area contributed by atoms with Crippen molar-refractivity contribution < 1.29 is 0 Å². The zero-order chi connectivity index (χ0) is 11.9. The lowest BCUT2D eigenvalue weighted by molar-refractivity contribution is 0.381. The minimum absolute atomic E-state index is 0.781. The Morgan fingerprint density at radius 3 is 2.71 bits per heavy atom. The lowest BCUT2D eigenvalue weighted by Gasteiger charge is -2.22. The average Bonchev–Trinajstić information content (AvgIpc) is 2.38. The molecule has 1 aromatic rings. The monoisotopic (exact) mass is 313 g/mol. The zero-order valence-corrected chi connectivity index (χ0v) is 12.5. The molecule has 1 saturated carbocycles. The second-order valence-corrected chi connectivity index (χ2v) is 6.56. The van der Waals surface area contributed by atoms with Gasteiger partial charge < -0.3 is 5.32 Å². The molecule has 0 spiro atoms. The Morgan fingerprint density at radius 1 is 1.18 bits per heavy atom. The van der Waals surface area contributed by atoms with E-state index in [1.165, 1.54) is 41.5 Å². The van der Waals surface area contributed by atoms with Gasteiger partial charge in [0.2, 0.25) is 0 Å². The molecule has 1 aliphatic rings. The summed E-state index contributed by atoms with van der Waals surface area (Å²) in [6.07, 6.45) is 7.01. The number of benzene rings is 1. The van der Waals surface area contributed by atoms with Gasteiger partial charge in [0, 0.05) is 27.7 Å². The molecule has 0 unspecified atom stereocenters. The molecule has 0 bridgehead atoms. The van der Waals surface area contributed by atoms with Crippen LogP contribution in [0.1, 0.15) is 32.1 Å². The van der Waals surface area contributed by atoms with Crippen LogP contribution in [0.4, 0.5) is 0 Å². The summed E-state index contributed by atoms with van der Waals surface area (Å²) >= 11 is 5.51. The summed E-state index contributed by atoms with van der Waals surface area (Å²) in [7, 11) is 0. The third kappa shape index (κ3) is 4.65. The van der Waals surface area contributed by atoms with Gasteiger partial charge in [-0.1, -0.05) is 31.4 Å². The Morgan fingerprint density at radius 2 is 1.94 bits per heavy atom. The second kappa shape index (κ2) is 7.45. The maximum absolute atomic E-state index is 3.68. The highest BCUT2D eigenvalue weighted by Gasteiger charge is 2.11. The molecular weight excluding hydrogens is 294 g/mol. The van der Waals surface area contributed by atoms with Gasteiger partial charge in [-0.3, -0.25) is 0 Å². The SMILES string of the molecule is Brc1ccccc1SCCNC1CCCCC1. The van der Waals surface area contributed by atoms with Crippen LogP contribution in [0.5, 0.6) is 0 Å². The van der Waals surface area contributed by atoms with Gasteiger partial charge in [-0.2, -0.15) is 0 Å². The molecule has 0 atom stereocenters. The van der Waals surface area contributed by atoms with Gasteiger partial charge in [-0.05, 0) is 40.9 Å². The van der Waals surface area contributed by atoms with Crippen molar-refractivity contribution in [2.24, 2.45) is 0 Å². The normalized spacial score (nSPS) is 17.2. The van der Waals surface area contributed by atoms with Gasteiger partial charge in [0.25, 0.3) is 0 Å². The van der Waals surface area contributed by atoms with Crippen LogP contribution in [-0.2, 0) is 0 Å². The molecule has 0 aromatic heterocycles. The first-order chi connectivity index (χ1) is 8.36. The van der Waals surface area contributed by atoms with E-state index in [2.05, 4.69) is 45.5 Å². The van der Waals surface area contributed by atoms with Crippen molar-refractivity contribution in [3.63, 3.8) is 0 Å². The van der Waals surface area contributed by atoms with Gasteiger partial charge in [-0.15, -0.1) is 11.8 Å². The Hall–Kier alpha value is 0.01000. The number of hydrogen-bond donors (Lipinski definition) is 1. The molecule has 2 rings (SSSR count). The average molecular weight is 314 g/mol. The van der Waals surface area contributed by atoms with Gasteiger partial charge in [0.1, 0.15) is 0 Å². The first-order valence-corrected chi connectivity index (χ1v) is 8.25. The molecule has 17 heavy (non-hydrogen) atoms. The van der Waals surface area contributed by atoms with E-state index in [0.29, 0.717) is 0 Å². The van der Waals surface area contributed by atoms with Crippen molar-refractivity contribution in [2.75, 3.05) is 12.3 Å². The fourth-order valence-electron chi connectivity index (χ4n) is 2.29. The molecule has 1 N–H and O–H groups in total. The Labute approximate surface area is 117 Å². The molecule has 94 valence electrons. The van der Waals surface area contributed by atoms with Crippen LogP contribution in [0.25, 0.3) is 0 Å². The fourth-order valence-corrected chi connectivity index (χ4v) is 3.74. The molecule has 0 heterocycles. The number of hydrogen-bond acceptors (Lipinski definition) is 2. The number of thioether (sulfide) groups is 1. The molecule has 0 aliphatic heterocycles. The van der Waals surface area contributed by atoms with Gasteiger partial charge in [0.05, 0.1) is 0 Å². The first-order valence-electron chi connectivity index (χ1n) is 6.47. The maximum atomic E-state index is 3.68.